The van der Waals surface area contributed by atoms with Gasteiger partial charge in [-0.05, 0) is 68.0 Å². The highest BCUT2D eigenvalue weighted by molar-refractivity contribution is 8.00. The Morgan fingerprint density at radius 1 is 0.943 bits per heavy atom. The van der Waals surface area contributed by atoms with Crippen LogP contribution in [-0.2, 0) is 27.2 Å². The smallest absolute Gasteiger partial charge is 0.316 e. The highest BCUT2D eigenvalue weighted by Crippen LogP contribution is 2.36. The maximum atomic E-state index is 13.3. The molecule has 0 saturated carbocycles. The van der Waals surface area contributed by atoms with Gasteiger partial charge in [0.25, 0.3) is 11.8 Å². The van der Waals surface area contributed by atoms with Crippen molar-refractivity contribution in [2.75, 3.05) is 17.3 Å². The summed E-state index contributed by atoms with van der Waals surface area (Å²) in [5, 5.41) is 0.386. The van der Waals surface area contributed by atoms with Crippen LogP contribution < -0.4 is 10.6 Å². The van der Waals surface area contributed by atoms with Crippen molar-refractivity contribution in [3.63, 3.8) is 0 Å². The van der Waals surface area contributed by atoms with Crippen LogP contribution in [-0.4, -0.2) is 35.1 Å². The van der Waals surface area contributed by atoms with E-state index in [0.29, 0.717) is 10.6 Å². The van der Waals surface area contributed by atoms with Gasteiger partial charge in [0.05, 0.1) is 22.7 Å². The van der Waals surface area contributed by atoms with Gasteiger partial charge < -0.3 is 10.5 Å². The number of nitrogens with two attached hydrogens (primary N) is 1. The molecule has 2 aromatic carbocycles. The number of aryl methyl sites for hydroxylation is 3. The molecular formula is C27H27N3O4S. The van der Waals surface area contributed by atoms with Gasteiger partial charge in [-0.3, -0.25) is 19.3 Å². The number of thioether (sulfide) groups is 1. The van der Waals surface area contributed by atoms with Crippen molar-refractivity contribution >= 4 is 40.9 Å². The molecule has 8 heteroatoms. The summed E-state index contributed by atoms with van der Waals surface area (Å²) >= 11 is 1.08. The Morgan fingerprint density at radius 2 is 1.51 bits per heavy atom. The summed E-state index contributed by atoms with van der Waals surface area (Å²) in [4.78, 5) is 43.9. The minimum Gasteiger partial charge on any atom is -0.455 e. The molecule has 3 aromatic rings. The monoisotopic (exact) mass is 489 g/mol. The third-order valence-corrected chi connectivity index (χ3v) is 7.22. The van der Waals surface area contributed by atoms with Gasteiger partial charge in [-0.1, -0.05) is 48.2 Å². The van der Waals surface area contributed by atoms with E-state index in [2.05, 4.69) is 4.98 Å². The molecule has 35 heavy (non-hydrogen) atoms. The molecule has 1 aliphatic rings. The maximum Gasteiger partial charge on any atom is 0.316 e. The van der Waals surface area contributed by atoms with E-state index in [1.165, 1.54) is 0 Å². The van der Waals surface area contributed by atoms with Crippen molar-refractivity contribution < 1.29 is 19.1 Å². The van der Waals surface area contributed by atoms with Crippen molar-refractivity contribution in [3.05, 3.63) is 82.0 Å². The third-order valence-electron chi connectivity index (χ3n) is 6.27. The molecule has 180 valence electrons. The first-order valence-electron chi connectivity index (χ1n) is 11.3. The second-order valence-electron chi connectivity index (χ2n) is 8.43. The van der Waals surface area contributed by atoms with Gasteiger partial charge in [0.15, 0.2) is 6.61 Å². The number of anilines is 2. The summed E-state index contributed by atoms with van der Waals surface area (Å²) in [6.07, 6.45) is 1.63. The quantitative estimate of drug-likeness (QED) is 0.411. The number of hydrogen-bond donors (Lipinski definition) is 1. The highest BCUT2D eigenvalue weighted by Gasteiger charge is 2.26. The van der Waals surface area contributed by atoms with Crippen LogP contribution in [0.3, 0.4) is 0 Å². The number of nitrogens with zero attached hydrogens (tertiary/aromatic N) is 2. The van der Waals surface area contributed by atoms with Crippen LogP contribution in [0, 0.1) is 20.8 Å². The van der Waals surface area contributed by atoms with E-state index in [-0.39, 0.29) is 11.7 Å². The van der Waals surface area contributed by atoms with Crippen LogP contribution in [0.5, 0.6) is 0 Å². The van der Waals surface area contributed by atoms with Crippen LogP contribution in [0.4, 0.5) is 11.4 Å². The summed E-state index contributed by atoms with van der Waals surface area (Å²) in [6, 6.07) is 15.5. The van der Waals surface area contributed by atoms with Crippen molar-refractivity contribution in [3.8, 4) is 0 Å². The number of hydrogen-bond acceptors (Lipinski definition) is 6. The van der Waals surface area contributed by atoms with Gasteiger partial charge in [-0.15, -0.1) is 0 Å². The van der Waals surface area contributed by atoms with E-state index < -0.39 is 18.5 Å². The molecule has 2 N–H and O–H groups in total. The number of carbonyl (C=O) groups is 3. The number of fused-ring (bicyclic) bond motifs is 2. The molecule has 0 fully saturated rings. The topological polar surface area (TPSA) is 103 Å². The maximum absolute atomic E-state index is 13.3. The SMILES string of the molecule is Cc1nc(SCC(=O)OCC(=O)N2c3ccccc3CCc3ccccc32)c(C(N)=O)c(C)c1C. The summed E-state index contributed by atoms with van der Waals surface area (Å²) in [5.41, 5.74) is 12.0. The molecule has 0 aliphatic carbocycles. The second kappa shape index (κ2) is 10.3. The largest absolute Gasteiger partial charge is 0.455 e. The molecule has 0 atom stereocenters. The summed E-state index contributed by atoms with van der Waals surface area (Å²) in [7, 11) is 0. The number of para-hydroxylation sites is 2. The zero-order valence-corrected chi connectivity index (χ0v) is 20.8. The Bertz CT molecular complexity index is 1270. The van der Waals surface area contributed by atoms with E-state index in [1.54, 1.807) is 4.90 Å². The van der Waals surface area contributed by atoms with Crippen LogP contribution >= 0.6 is 11.8 Å². The van der Waals surface area contributed by atoms with Crippen LogP contribution in [0.25, 0.3) is 0 Å². The summed E-state index contributed by atoms with van der Waals surface area (Å²) in [5.74, 6) is -1.60. The standard InChI is InChI=1S/C27H27N3O4S/c1-16-17(2)25(26(28)33)27(29-18(16)3)35-15-24(32)34-14-23(31)30-21-10-6-4-8-19(21)12-13-20-9-5-7-11-22(20)30/h4-11H,12-15H2,1-3H3,(H2,28,33). The number of pyridine rings is 1. The first-order valence-corrected chi connectivity index (χ1v) is 12.3. The molecule has 4 rings (SSSR count). The number of carbonyl (C=O) groups excluding carboxylic acids is 3. The third kappa shape index (κ3) is 5.07. The normalized spacial score (nSPS) is 12.4. The molecule has 7 nitrogen and oxygen atoms in total. The molecule has 0 bridgehead atoms. The first kappa shape index (κ1) is 24.5. The summed E-state index contributed by atoms with van der Waals surface area (Å²) < 4.78 is 5.34. The van der Waals surface area contributed by atoms with Crippen molar-refractivity contribution in [2.45, 2.75) is 38.6 Å². The van der Waals surface area contributed by atoms with E-state index in [9.17, 15) is 14.4 Å². The minimum atomic E-state index is -0.595. The van der Waals surface area contributed by atoms with Crippen molar-refractivity contribution in [2.24, 2.45) is 5.73 Å². The van der Waals surface area contributed by atoms with Crippen LogP contribution in [0.15, 0.2) is 53.6 Å². The number of esters is 1. The van der Waals surface area contributed by atoms with E-state index >= 15 is 0 Å². The lowest BCUT2D eigenvalue weighted by atomic mass is 10.0. The number of primary amides is 1. The highest BCUT2D eigenvalue weighted by atomic mass is 32.2. The first-order chi connectivity index (χ1) is 16.8. The molecule has 0 saturated heterocycles. The number of aromatic nitrogens is 1. The Balaban J connectivity index is 1.48. The van der Waals surface area contributed by atoms with Crippen LogP contribution in [0.1, 0.15) is 38.3 Å². The zero-order valence-electron chi connectivity index (χ0n) is 20.0. The predicted octanol–water partition coefficient (Wildman–Crippen LogP) is 4.20. The fourth-order valence-corrected chi connectivity index (χ4v) is 5.17. The van der Waals surface area contributed by atoms with Gasteiger partial charge in [0.1, 0.15) is 5.03 Å². The molecule has 0 spiro atoms. The Morgan fingerprint density at radius 3 is 2.09 bits per heavy atom. The lowest BCUT2D eigenvalue weighted by Crippen LogP contribution is -2.31. The molecular weight excluding hydrogens is 462 g/mol. The Hall–Kier alpha value is -3.65. The molecule has 1 aromatic heterocycles. The van der Waals surface area contributed by atoms with Gasteiger partial charge >= 0.3 is 5.97 Å². The molecule has 2 heterocycles. The molecule has 0 radical (unpaired) electrons. The number of ether oxygens (including phenoxy) is 1. The van der Waals surface area contributed by atoms with E-state index in [0.717, 1.165) is 63.9 Å². The zero-order chi connectivity index (χ0) is 25.1. The fourth-order valence-electron chi connectivity index (χ4n) is 4.23. The van der Waals surface area contributed by atoms with E-state index in [4.69, 9.17) is 10.5 Å². The average molecular weight is 490 g/mol. The lowest BCUT2D eigenvalue weighted by Gasteiger charge is -2.24. The Labute approximate surface area is 208 Å². The van der Waals surface area contributed by atoms with Gasteiger partial charge in [-0.2, -0.15) is 0 Å². The van der Waals surface area contributed by atoms with Gasteiger partial charge in [0, 0.05) is 5.69 Å². The number of rotatable bonds is 6. The Kier molecular flexibility index (Phi) is 7.21. The number of amides is 2. The van der Waals surface area contributed by atoms with Crippen molar-refractivity contribution in [1.29, 1.82) is 0 Å². The second-order valence-corrected chi connectivity index (χ2v) is 9.39. The fraction of sp³-hybridized carbons (Fsp3) is 0.259. The summed E-state index contributed by atoms with van der Waals surface area (Å²) in [6.45, 7) is 5.12. The molecule has 0 unspecified atom stereocenters. The van der Waals surface area contributed by atoms with Crippen molar-refractivity contribution in [1.82, 2.24) is 4.98 Å². The molecule has 2 amide bonds. The minimum absolute atomic E-state index is 0.102. The average Bonchev–Trinajstić information content (AvgIpc) is 3.01. The molecule has 1 aliphatic heterocycles. The van der Waals surface area contributed by atoms with Crippen LogP contribution in [0.2, 0.25) is 0 Å². The van der Waals surface area contributed by atoms with Gasteiger partial charge in [-0.25, -0.2) is 4.98 Å². The number of benzene rings is 2. The lowest BCUT2D eigenvalue weighted by molar-refractivity contribution is -0.144. The van der Waals surface area contributed by atoms with E-state index in [1.807, 2.05) is 69.3 Å². The predicted molar refractivity (Wildman–Crippen MR) is 136 cm³/mol. The van der Waals surface area contributed by atoms with Gasteiger partial charge in [0.2, 0.25) is 0 Å².